The fraction of sp³-hybridized carbons (Fsp3) is 0.579. The molecular formula is C19H25N3O. The lowest BCUT2D eigenvalue weighted by atomic mass is 9.98. The molecule has 23 heavy (non-hydrogen) atoms. The van der Waals surface area contributed by atoms with Crippen molar-refractivity contribution in [2.75, 3.05) is 13.1 Å². The summed E-state index contributed by atoms with van der Waals surface area (Å²) in [5.74, 6) is 2.86. The van der Waals surface area contributed by atoms with E-state index in [0.717, 1.165) is 42.9 Å². The standard InChI is InChI=1S/C19H25N3O/c1-13-7-9-22(10-8-13)18(23)12-14-3-6-17-16(11-14)20-19(21(17)2)15-4-5-15/h3,6,11,13,15H,4-5,7-10,12H2,1-2H3. The molecule has 0 bridgehead atoms. The summed E-state index contributed by atoms with van der Waals surface area (Å²) in [7, 11) is 2.10. The minimum absolute atomic E-state index is 0.259. The Bertz CT molecular complexity index is 736. The van der Waals surface area contributed by atoms with Crippen LogP contribution in [0.3, 0.4) is 0 Å². The molecule has 0 atom stereocenters. The van der Waals surface area contributed by atoms with Crippen LogP contribution in [0.5, 0.6) is 0 Å². The number of hydrogen-bond acceptors (Lipinski definition) is 2. The Labute approximate surface area is 137 Å². The van der Waals surface area contributed by atoms with Gasteiger partial charge in [0.1, 0.15) is 5.82 Å². The Morgan fingerprint density at radius 3 is 2.65 bits per heavy atom. The largest absolute Gasteiger partial charge is 0.342 e. The number of aromatic nitrogens is 2. The molecule has 0 spiro atoms. The summed E-state index contributed by atoms with van der Waals surface area (Å²) < 4.78 is 2.21. The first-order valence-electron chi connectivity index (χ1n) is 8.85. The third-order valence-corrected chi connectivity index (χ3v) is 5.41. The lowest BCUT2D eigenvalue weighted by molar-refractivity contribution is -0.131. The third kappa shape index (κ3) is 2.87. The molecule has 0 unspecified atom stereocenters. The van der Waals surface area contributed by atoms with E-state index >= 15 is 0 Å². The van der Waals surface area contributed by atoms with Crippen molar-refractivity contribution in [3.8, 4) is 0 Å². The van der Waals surface area contributed by atoms with E-state index < -0.39 is 0 Å². The number of carbonyl (C=O) groups is 1. The number of benzene rings is 1. The molecule has 2 aromatic rings. The van der Waals surface area contributed by atoms with E-state index in [9.17, 15) is 4.79 Å². The predicted octanol–water partition coefficient (Wildman–Crippen LogP) is 3.25. The number of carbonyl (C=O) groups excluding carboxylic acids is 1. The van der Waals surface area contributed by atoms with E-state index in [2.05, 4.69) is 36.7 Å². The van der Waals surface area contributed by atoms with Crippen molar-refractivity contribution in [2.24, 2.45) is 13.0 Å². The van der Waals surface area contributed by atoms with Gasteiger partial charge in [0.2, 0.25) is 5.91 Å². The molecule has 0 radical (unpaired) electrons. The van der Waals surface area contributed by atoms with Crippen LogP contribution in [-0.4, -0.2) is 33.4 Å². The summed E-state index contributed by atoms with van der Waals surface area (Å²) in [5, 5.41) is 0. The van der Waals surface area contributed by atoms with Crippen LogP contribution in [-0.2, 0) is 18.3 Å². The number of nitrogens with zero attached hydrogens (tertiary/aromatic N) is 3. The Hall–Kier alpha value is -1.84. The molecule has 1 aliphatic heterocycles. The maximum Gasteiger partial charge on any atom is 0.226 e. The molecule has 2 heterocycles. The fourth-order valence-corrected chi connectivity index (χ4v) is 3.63. The lowest BCUT2D eigenvalue weighted by Gasteiger charge is -2.30. The van der Waals surface area contributed by atoms with Gasteiger partial charge in [0, 0.05) is 26.1 Å². The first-order valence-corrected chi connectivity index (χ1v) is 8.85. The molecule has 1 aliphatic carbocycles. The summed E-state index contributed by atoms with van der Waals surface area (Å²) in [6.45, 7) is 4.10. The molecule has 1 aromatic carbocycles. The minimum Gasteiger partial charge on any atom is -0.342 e. The van der Waals surface area contributed by atoms with Crippen LogP contribution in [0.25, 0.3) is 11.0 Å². The van der Waals surface area contributed by atoms with Crippen LogP contribution in [0.4, 0.5) is 0 Å². The van der Waals surface area contributed by atoms with Gasteiger partial charge in [-0.25, -0.2) is 4.98 Å². The zero-order valence-electron chi connectivity index (χ0n) is 14.1. The molecule has 4 nitrogen and oxygen atoms in total. The Kier molecular flexibility index (Phi) is 3.63. The van der Waals surface area contributed by atoms with Gasteiger partial charge in [-0.2, -0.15) is 0 Å². The summed E-state index contributed by atoms with van der Waals surface area (Å²) in [6.07, 6.45) is 5.29. The highest BCUT2D eigenvalue weighted by atomic mass is 16.2. The highest BCUT2D eigenvalue weighted by Crippen LogP contribution is 2.40. The van der Waals surface area contributed by atoms with Gasteiger partial charge in [-0.15, -0.1) is 0 Å². The topological polar surface area (TPSA) is 38.1 Å². The Morgan fingerprint density at radius 1 is 1.22 bits per heavy atom. The van der Waals surface area contributed by atoms with Crippen molar-refractivity contribution in [1.82, 2.24) is 14.5 Å². The van der Waals surface area contributed by atoms with Gasteiger partial charge >= 0.3 is 0 Å². The summed E-state index contributed by atoms with van der Waals surface area (Å²) in [4.78, 5) is 19.3. The van der Waals surface area contributed by atoms with E-state index in [1.807, 2.05) is 4.90 Å². The average Bonchev–Trinajstić information content (AvgIpc) is 3.33. The molecule has 1 saturated heterocycles. The molecule has 1 aromatic heterocycles. The van der Waals surface area contributed by atoms with Crippen LogP contribution in [0.1, 0.15) is 49.9 Å². The second-order valence-corrected chi connectivity index (χ2v) is 7.37. The van der Waals surface area contributed by atoms with Gasteiger partial charge in [-0.3, -0.25) is 4.79 Å². The molecule has 4 rings (SSSR count). The zero-order chi connectivity index (χ0) is 16.0. The van der Waals surface area contributed by atoms with E-state index in [1.54, 1.807) is 0 Å². The number of fused-ring (bicyclic) bond motifs is 1. The second-order valence-electron chi connectivity index (χ2n) is 7.37. The summed E-state index contributed by atoms with van der Waals surface area (Å²) >= 11 is 0. The van der Waals surface area contributed by atoms with Crippen LogP contribution >= 0.6 is 0 Å². The van der Waals surface area contributed by atoms with Crippen molar-refractivity contribution in [3.05, 3.63) is 29.6 Å². The van der Waals surface area contributed by atoms with Crippen molar-refractivity contribution in [1.29, 1.82) is 0 Å². The Morgan fingerprint density at radius 2 is 1.96 bits per heavy atom. The highest BCUT2D eigenvalue weighted by Gasteiger charge is 2.28. The molecular weight excluding hydrogens is 286 g/mol. The molecule has 2 aliphatic rings. The molecule has 1 amide bonds. The van der Waals surface area contributed by atoms with Gasteiger partial charge in [0.25, 0.3) is 0 Å². The van der Waals surface area contributed by atoms with Crippen molar-refractivity contribution < 1.29 is 4.79 Å². The molecule has 122 valence electrons. The van der Waals surface area contributed by atoms with Crippen LogP contribution in [0.2, 0.25) is 0 Å². The van der Waals surface area contributed by atoms with E-state index in [0.29, 0.717) is 12.3 Å². The number of imidazole rings is 1. The average molecular weight is 311 g/mol. The first kappa shape index (κ1) is 14.7. The van der Waals surface area contributed by atoms with Gasteiger partial charge in [-0.1, -0.05) is 13.0 Å². The van der Waals surface area contributed by atoms with E-state index in [1.165, 1.54) is 24.2 Å². The highest BCUT2D eigenvalue weighted by molar-refractivity contribution is 5.82. The van der Waals surface area contributed by atoms with E-state index in [4.69, 9.17) is 4.98 Å². The van der Waals surface area contributed by atoms with Gasteiger partial charge in [-0.05, 0) is 49.3 Å². The third-order valence-electron chi connectivity index (χ3n) is 5.41. The maximum absolute atomic E-state index is 12.5. The van der Waals surface area contributed by atoms with Crippen LogP contribution in [0.15, 0.2) is 18.2 Å². The monoisotopic (exact) mass is 311 g/mol. The van der Waals surface area contributed by atoms with Crippen LogP contribution < -0.4 is 0 Å². The number of likely N-dealkylation sites (tertiary alicyclic amines) is 1. The SMILES string of the molecule is CC1CCN(C(=O)Cc2ccc3c(c2)nc(C2CC2)n3C)CC1. The second kappa shape index (κ2) is 5.66. The summed E-state index contributed by atoms with van der Waals surface area (Å²) in [5.41, 5.74) is 3.29. The smallest absolute Gasteiger partial charge is 0.226 e. The van der Waals surface area contributed by atoms with Gasteiger partial charge < -0.3 is 9.47 Å². The maximum atomic E-state index is 12.5. The number of amides is 1. The number of hydrogen-bond donors (Lipinski definition) is 0. The minimum atomic E-state index is 0.259. The lowest BCUT2D eigenvalue weighted by Crippen LogP contribution is -2.38. The number of piperidine rings is 1. The predicted molar refractivity (Wildman–Crippen MR) is 91.4 cm³/mol. The van der Waals surface area contributed by atoms with Crippen molar-refractivity contribution in [2.45, 2.75) is 44.9 Å². The normalized spacial score (nSPS) is 19.5. The first-order chi connectivity index (χ1) is 11.1. The van der Waals surface area contributed by atoms with E-state index in [-0.39, 0.29) is 5.91 Å². The van der Waals surface area contributed by atoms with Crippen molar-refractivity contribution >= 4 is 16.9 Å². The number of rotatable bonds is 3. The molecule has 0 N–H and O–H groups in total. The van der Waals surface area contributed by atoms with Gasteiger partial charge in [0.05, 0.1) is 17.5 Å². The quantitative estimate of drug-likeness (QED) is 0.872. The summed E-state index contributed by atoms with van der Waals surface area (Å²) in [6, 6.07) is 6.31. The van der Waals surface area contributed by atoms with Crippen molar-refractivity contribution in [3.63, 3.8) is 0 Å². The molecule has 1 saturated carbocycles. The number of aryl methyl sites for hydroxylation is 1. The zero-order valence-corrected chi connectivity index (χ0v) is 14.1. The fourth-order valence-electron chi connectivity index (χ4n) is 3.63. The molecule has 4 heteroatoms. The molecule has 2 fully saturated rings. The van der Waals surface area contributed by atoms with Crippen LogP contribution in [0, 0.1) is 5.92 Å². The Balaban J connectivity index is 1.51. The van der Waals surface area contributed by atoms with Gasteiger partial charge in [0.15, 0.2) is 0 Å².